The molecule has 0 spiro atoms. The Kier molecular flexibility index (Phi) is 12.5. The van der Waals surface area contributed by atoms with Crippen LogP contribution in [0.3, 0.4) is 0 Å². The molecule has 0 heterocycles. The summed E-state index contributed by atoms with van der Waals surface area (Å²) >= 11 is 0. The lowest BCUT2D eigenvalue weighted by molar-refractivity contribution is 0.178. The topological polar surface area (TPSA) is 0 Å². The maximum Gasteiger partial charge on any atom is -0.0381 e. The zero-order chi connectivity index (χ0) is 16.3. The molecular formula is C21H44. The zero-order valence-corrected chi connectivity index (χ0v) is 16.3. The van der Waals surface area contributed by atoms with Crippen LogP contribution < -0.4 is 0 Å². The van der Waals surface area contributed by atoms with Crippen molar-refractivity contribution in [2.75, 3.05) is 0 Å². The molecule has 3 atom stereocenters. The maximum absolute atomic E-state index is 2.46. The lowest BCUT2D eigenvalue weighted by atomic mass is 9.73. The van der Waals surface area contributed by atoms with E-state index >= 15 is 0 Å². The van der Waals surface area contributed by atoms with Gasteiger partial charge in [0.2, 0.25) is 0 Å². The van der Waals surface area contributed by atoms with E-state index in [0.717, 1.165) is 29.6 Å². The molecule has 0 aromatic rings. The molecule has 0 bridgehead atoms. The van der Waals surface area contributed by atoms with Crippen molar-refractivity contribution in [3.8, 4) is 0 Å². The van der Waals surface area contributed by atoms with E-state index in [1.165, 1.54) is 57.8 Å². The lowest BCUT2D eigenvalue weighted by Gasteiger charge is -2.33. The first-order valence-electron chi connectivity index (χ1n) is 10.0. The highest BCUT2D eigenvalue weighted by Crippen LogP contribution is 2.36. The van der Waals surface area contributed by atoms with Crippen molar-refractivity contribution in [2.24, 2.45) is 29.6 Å². The van der Waals surface area contributed by atoms with Crippen molar-refractivity contribution in [1.29, 1.82) is 0 Å². The molecule has 21 heavy (non-hydrogen) atoms. The lowest BCUT2D eigenvalue weighted by Crippen LogP contribution is -2.22. The normalized spacial score (nSPS) is 17.7. The van der Waals surface area contributed by atoms with Crippen molar-refractivity contribution in [2.45, 2.75) is 106 Å². The average Bonchev–Trinajstić information content (AvgIpc) is 2.50. The van der Waals surface area contributed by atoms with E-state index in [2.05, 4.69) is 48.5 Å². The summed E-state index contributed by atoms with van der Waals surface area (Å²) in [6.07, 6.45) is 12.7. The highest BCUT2D eigenvalue weighted by atomic mass is 14.3. The van der Waals surface area contributed by atoms with Gasteiger partial charge in [0.15, 0.2) is 0 Å². The first kappa shape index (κ1) is 21.0. The van der Waals surface area contributed by atoms with Gasteiger partial charge in [0, 0.05) is 0 Å². The Morgan fingerprint density at radius 1 is 0.571 bits per heavy atom. The number of hydrogen-bond donors (Lipinski definition) is 0. The van der Waals surface area contributed by atoms with Crippen LogP contribution >= 0.6 is 0 Å². The standard InChI is InChI=1S/C21H44/c1-8-13-20(16-19(11-4)12-5)21(14-17(6)9-2)15-18(7)10-3/h17-21H,8-16H2,1-7H3. The highest BCUT2D eigenvalue weighted by Gasteiger charge is 2.25. The minimum atomic E-state index is 0.903. The van der Waals surface area contributed by atoms with Crippen molar-refractivity contribution in [1.82, 2.24) is 0 Å². The van der Waals surface area contributed by atoms with Crippen LogP contribution in [0.25, 0.3) is 0 Å². The molecule has 0 aliphatic rings. The Bertz CT molecular complexity index is 204. The molecular weight excluding hydrogens is 252 g/mol. The molecule has 0 saturated heterocycles. The van der Waals surface area contributed by atoms with Crippen molar-refractivity contribution in [3.63, 3.8) is 0 Å². The van der Waals surface area contributed by atoms with Gasteiger partial charge in [0.1, 0.15) is 0 Å². The van der Waals surface area contributed by atoms with Gasteiger partial charge in [-0.25, -0.2) is 0 Å². The van der Waals surface area contributed by atoms with E-state index in [-0.39, 0.29) is 0 Å². The van der Waals surface area contributed by atoms with Crippen LogP contribution in [0.5, 0.6) is 0 Å². The van der Waals surface area contributed by atoms with Crippen LogP contribution in [0.1, 0.15) is 106 Å². The Labute approximate surface area is 136 Å². The molecule has 0 aliphatic carbocycles. The average molecular weight is 297 g/mol. The van der Waals surface area contributed by atoms with Gasteiger partial charge < -0.3 is 0 Å². The fourth-order valence-corrected chi connectivity index (χ4v) is 3.82. The second-order valence-corrected chi connectivity index (χ2v) is 7.73. The molecule has 0 heteroatoms. The summed E-state index contributed by atoms with van der Waals surface area (Å²) in [5, 5.41) is 0. The van der Waals surface area contributed by atoms with Gasteiger partial charge in [-0.2, -0.15) is 0 Å². The van der Waals surface area contributed by atoms with Crippen LogP contribution in [0.2, 0.25) is 0 Å². The minimum Gasteiger partial charge on any atom is -0.0654 e. The van der Waals surface area contributed by atoms with Crippen LogP contribution in [-0.4, -0.2) is 0 Å². The van der Waals surface area contributed by atoms with Crippen LogP contribution in [0.15, 0.2) is 0 Å². The van der Waals surface area contributed by atoms with Gasteiger partial charge in [-0.3, -0.25) is 0 Å². The molecule has 0 fully saturated rings. The monoisotopic (exact) mass is 296 g/mol. The molecule has 0 aromatic carbocycles. The molecule has 0 rings (SSSR count). The summed E-state index contributed by atoms with van der Waals surface area (Å²) in [5.41, 5.74) is 0. The zero-order valence-electron chi connectivity index (χ0n) is 16.3. The van der Waals surface area contributed by atoms with Crippen LogP contribution in [0.4, 0.5) is 0 Å². The molecule has 0 amide bonds. The molecule has 0 saturated carbocycles. The number of hydrogen-bond acceptors (Lipinski definition) is 0. The second kappa shape index (κ2) is 12.5. The Morgan fingerprint density at radius 2 is 1.05 bits per heavy atom. The van der Waals surface area contributed by atoms with Gasteiger partial charge in [0.05, 0.1) is 0 Å². The molecule has 0 radical (unpaired) electrons. The van der Waals surface area contributed by atoms with Gasteiger partial charge in [-0.15, -0.1) is 0 Å². The summed E-state index contributed by atoms with van der Waals surface area (Å²) in [6.45, 7) is 16.8. The smallest absolute Gasteiger partial charge is 0.0381 e. The quantitative estimate of drug-likeness (QED) is 0.326. The third kappa shape index (κ3) is 8.89. The Hall–Kier alpha value is 0. The molecule has 0 N–H and O–H groups in total. The predicted molar refractivity (Wildman–Crippen MR) is 98.7 cm³/mol. The predicted octanol–water partition coefficient (Wildman–Crippen LogP) is 7.72. The molecule has 0 aromatic heterocycles. The van der Waals surface area contributed by atoms with Crippen molar-refractivity contribution >= 4 is 0 Å². The maximum atomic E-state index is 2.46. The summed E-state index contributed by atoms with van der Waals surface area (Å²) < 4.78 is 0. The number of rotatable bonds is 13. The Balaban J connectivity index is 4.87. The van der Waals surface area contributed by atoms with E-state index in [0.29, 0.717) is 0 Å². The summed E-state index contributed by atoms with van der Waals surface area (Å²) in [5.74, 6) is 4.71. The second-order valence-electron chi connectivity index (χ2n) is 7.73. The van der Waals surface area contributed by atoms with E-state index in [9.17, 15) is 0 Å². The van der Waals surface area contributed by atoms with E-state index < -0.39 is 0 Å². The van der Waals surface area contributed by atoms with Crippen LogP contribution in [0, 0.1) is 29.6 Å². The third-order valence-electron chi connectivity index (χ3n) is 5.92. The fourth-order valence-electron chi connectivity index (χ4n) is 3.82. The van der Waals surface area contributed by atoms with Crippen molar-refractivity contribution < 1.29 is 0 Å². The van der Waals surface area contributed by atoms with Gasteiger partial charge in [-0.05, 0) is 48.9 Å². The molecule has 0 aliphatic heterocycles. The summed E-state index contributed by atoms with van der Waals surface area (Å²) in [6, 6.07) is 0. The van der Waals surface area contributed by atoms with E-state index in [1.807, 2.05) is 0 Å². The summed E-state index contributed by atoms with van der Waals surface area (Å²) in [4.78, 5) is 0. The van der Waals surface area contributed by atoms with Gasteiger partial charge in [-0.1, -0.05) is 87.0 Å². The molecule has 128 valence electrons. The van der Waals surface area contributed by atoms with E-state index in [4.69, 9.17) is 0 Å². The first-order valence-corrected chi connectivity index (χ1v) is 10.0. The van der Waals surface area contributed by atoms with Crippen LogP contribution in [-0.2, 0) is 0 Å². The highest BCUT2D eigenvalue weighted by molar-refractivity contribution is 4.76. The van der Waals surface area contributed by atoms with E-state index in [1.54, 1.807) is 0 Å². The van der Waals surface area contributed by atoms with Gasteiger partial charge >= 0.3 is 0 Å². The molecule has 3 unspecified atom stereocenters. The third-order valence-corrected chi connectivity index (χ3v) is 5.92. The first-order chi connectivity index (χ1) is 10.0. The largest absolute Gasteiger partial charge is 0.0654 e. The van der Waals surface area contributed by atoms with Gasteiger partial charge in [0.25, 0.3) is 0 Å². The molecule has 0 nitrogen and oxygen atoms in total. The minimum absolute atomic E-state index is 0.903. The van der Waals surface area contributed by atoms with Crippen molar-refractivity contribution in [3.05, 3.63) is 0 Å². The Morgan fingerprint density at radius 3 is 1.38 bits per heavy atom. The fraction of sp³-hybridized carbons (Fsp3) is 1.00. The SMILES string of the molecule is CCCC(CC(CC)CC)C(CC(C)CC)CC(C)CC. The summed E-state index contributed by atoms with van der Waals surface area (Å²) in [7, 11) is 0.